The lowest BCUT2D eigenvalue weighted by Gasteiger charge is -2.24. The average Bonchev–Trinajstić information content (AvgIpc) is 2.49. The molecule has 0 saturated carbocycles. The molecule has 2 nitrogen and oxygen atoms in total. The zero-order valence-corrected chi connectivity index (χ0v) is 13.3. The third-order valence-electron chi connectivity index (χ3n) is 3.56. The molecule has 0 fully saturated rings. The van der Waals surface area contributed by atoms with Gasteiger partial charge < -0.3 is 9.84 Å². The van der Waals surface area contributed by atoms with E-state index in [-0.39, 0.29) is 5.92 Å². The van der Waals surface area contributed by atoms with Gasteiger partial charge in [0.25, 0.3) is 0 Å². The Kier molecular flexibility index (Phi) is 5.21. The Morgan fingerprint density at radius 2 is 1.85 bits per heavy atom. The Morgan fingerprint density at radius 3 is 2.45 bits per heavy atom. The first kappa shape index (κ1) is 15.1. The van der Waals surface area contributed by atoms with Gasteiger partial charge in [0.2, 0.25) is 0 Å². The Hall–Kier alpha value is -1.32. The van der Waals surface area contributed by atoms with Crippen molar-refractivity contribution in [2.45, 2.75) is 25.4 Å². The maximum Gasteiger partial charge on any atom is 0.124 e. The molecule has 0 saturated heterocycles. The van der Waals surface area contributed by atoms with Gasteiger partial charge in [-0.25, -0.2) is 0 Å². The van der Waals surface area contributed by atoms with E-state index in [1.807, 2.05) is 36.4 Å². The van der Waals surface area contributed by atoms with Crippen LogP contribution in [0.5, 0.6) is 5.75 Å². The van der Waals surface area contributed by atoms with E-state index in [0.717, 1.165) is 27.8 Å². The summed E-state index contributed by atoms with van der Waals surface area (Å²) in [6, 6.07) is 15.8. The minimum atomic E-state index is -0.588. The van der Waals surface area contributed by atoms with Gasteiger partial charge in [0, 0.05) is 16.0 Å². The van der Waals surface area contributed by atoms with E-state index in [1.165, 1.54) is 0 Å². The monoisotopic (exact) mass is 334 g/mol. The number of ether oxygens (including phenoxy) is 1. The van der Waals surface area contributed by atoms with E-state index in [4.69, 9.17) is 4.74 Å². The molecule has 2 aromatic carbocycles. The summed E-state index contributed by atoms with van der Waals surface area (Å²) < 4.78 is 6.31. The summed E-state index contributed by atoms with van der Waals surface area (Å²) in [6.07, 6.45) is 0.274. The molecule has 20 heavy (non-hydrogen) atoms. The van der Waals surface area contributed by atoms with Crippen molar-refractivity contribution in [1.82, 2.24) is 0 Å². The van der Waals surface area contributed by atoms with Crippen LogP contribution in [-0.2, 0) is 0 Å². The largest absolute Gasteiger partial charge is 0.496 e. The van der Waals surface area contributed by atoms with Crippen molar-refractivity contribution in [3.63, 3.8) is 0 Å². The van der Waals surface area contributed by atoms with Gasteiger partial charge in [-0.15, -0.1) is 0 Å². The summed E-state index contributed by atoms with van der Waals surface area (Å²) in [6.45, 7) is 2.09. The van der Waals surface area contributed by atoms with Crippen LogP contribution < -0.4 is 4.74 Å². The highest BCUT2D eigenvalue weighted by Crippen LogP contribution is 2.38. The Labute approximate surface area is 128 Å². The van der Waals surface area contributed by atoms with E-state index in [1.54, 1.807) is 7.11 Å². The average molecular weight is 335 g/mol. The quantitative estimate of drug-likeness (QED) is 0.859. The molecule has 2 atom stereocenters. The molecule has 0 aliphatic rings. The Morgan fingerprint density at radius 1 is 1.15 bits per heavy atom. The molecule has 0 aliphatic heterocycles. The van der Waals surface area contributed by atoms with Gasteiger partial charge in [0.1, 0.15) is 5.75 Å². The molecule has 106 valence electrons. The first-order chi connectivity index (χ1) is 9.67. The summed E-state index contributed by atoms with van der Waals surface area (Å²) in [5, 5.41) is 10.8. The molecule has 0 radical (unpaired) electrons. The number of halogens is 1. The highest BCUT2D eigenvalue weighted by atomic mass is 79.9. The van der Waals surface area contributed by atoms with Crippen molar-refractivity contribution >= 4 is 15.9 Å². The SMILES string of the molecule is CCC(c1ccccc1)C(O)c1cc(Br)ccc1OC. The van der Waals surface area contributed by atoms with Crippen molar-refractivity contribution in [2.75, 3.05) is 7.11 Å². The lowest BCUT2D eigenvalue weighted by Crippen LogP contribution is -2.11. The van der Waals surface area contributed by atoms with E-state index in [0.29, 0.717) is 0 Å². The van der Waals surface area contributed by atoms with Crippen LogP contribution in [0, 0.1) is 0 Å². The van der Waals surface area contributed by atoms with Crippen molar-refractivity contribution in [1.29, 1.82) is 0 Å². The molecular weight excluding hydrogens is 316 g/mol. The van der Waals surface area contributed by atoms with Gasteiger partial charge in [0.05, 0.1) is 13.2 Å². The van der Waals surface area contributed by atoms with E-state index < -0.39 is 6.10 Å². The van der Waals surface area contributed by atoms with E-state index >= 15 is 0 Å². The fourth-order valence-electron chi connectivity index (χ4n) is 2.49. The highest BCUT2D eigenvalue weighted by molar-refractivity contribution is 9.10. The van der Waals surface area contributed by atoms with Gasteiger partial charge in [-0.1, -0.05) is 53.2 Å². The second-order valence-corrected chi connectivity index (χ2v) is 5.67. The molecule has 0 amide bonds. The molecule has 0 spiro atoms. The van der Waals surface area contributed by atoms with E-state index in [9.17, 15) is 5.11 Å². The van der Waals surface area contributed by atoms with Crippen LogP contribution >= 0.6 is 15.9 Å². The number of aliphatic hydroxyl groups excluding tert-OH is 1. The minimum Gasteiger partial charge on any atom is -0.496 e. The number of methoxy groups -OCH3 is 1. The zero-order valence-electron chi connectivity index (χ0n) is 11.7. The maximum absolute atomic E-state index is 10.8. The third-order valence-corrected chi connectivity index (χ3v) is 4.05. The van der Waals surface area contributed by atoms with Crippen LogP contribution in [0.2, 0.25) is 0 Å². The Balaban J connectivity index is 2.38. The number of rotatable bonds is 5. The van der Waals surface area contributed by atoms with Crippen LogP contribution in [0.15, 0.2) is 53.0 Å². The molecule has 0 aliphatic carbocycles. The molecule has 0 heterocycles. The summed E-state index contributed by atoms with van der Waals surface area (Å²) in [5.41, 5.74) is 1.96. The summed E-state index contributed by atoms with van der Waals surface area (Å²) in [4.78, 5) is 0. The molecule has 0 bridgehead atoms. The van der Waals surface area contributed by atoms with Crippen LogP contribution in [-0.4, -0.2) is 12.2 Å². The minimum absolute atomic E-state index is 0.0550. The standard InChI is InChI=1S/C17H19BrO2/c1-3-14(12-7-5-4-6-8-12)17(19)15-11-13(18)9-10-16(15)20-2/h4-11,14,17,19H,3H2,1-2H3. The smallest absolute Gasteiger partial charge is 0.124 e. The zero-order chi connectivity index (χ0) is 14.5. The number of hydrogen-bond donors (Lipinski definition) is 1. The Bertz CT molecular complexity index is 554. The molecule has 0 aromatic heterocycles. The molecule has 2 aromatic rings. The van der Waals surface area contributed by atoms with Crippen molar-refractivity contribution < 1.29 is 9.84 Å². The summed E-state index contributed by atoms with van der Waals surface area (Å²) >= 11 is 3.45. The van der Waals surface area contributed by atoms with Gasteiger partial charge in [0.15, 0.2) is 0 Å². The molecule has 3 heteroatoms. The fourth-order valence-corrected chi connectivity index (χ4v) is 2.87. The predicted molar refractivity (Wildman–Crippen MR) is 85.1 cm³/mol. The number of hydrogen-bond acceptors (Lipinski definition) is 2. The van der Waals surface area contributed by atoms with Crippen LogP contribution in [0.1, 0.15) is 36.5 Å². The van der Waals surface area contributed by atoms with Gasteiger partial charge in [-0.2, -0.15) is 0 Å². The number of aliphatic hydroxyl groups is 1. The van der Waals surface area contributed by atoms with Gasteiger partial charge in [-0.05, 0) is 30.2 Å². The van der Waals surface area contributed by atoms with Gasteiger partial charge >= 0.3 is 0 Å². The summed E-state index contributed by atoms with van der Waals surface area (Å²) in [7, 11) is 1.63. The first-order valence-corrected chi connectivity index (χ1v) is 7.53. The fraction of sp³-hybridized carbons (Fsp3) is 0.294. The first-order valence-electron chi connectivity index (χ1n) is 6.73. The highest BCUT2D eigenvalue weighted by Gasteiger charge is 2.24. The topological polar surface area (TPSA) is 29.5 Å². The van der Waals surface area contributed by atoms with E-state index in [2.05, 4.69) is 35.0 Å². The summed E-state index contributed by atoms with van der Waals surface area (Å²) in [5.74, 6) is 0.773. The predicted octanol–water partition coefficient (Wildman–Crippen LogP) is 4.68. The second kappa shape index (κ2) is 6.91. The molecule has 1 N–H and O–H groups in total. The lowest BCUT2D eigenvalue weighted by atomic mass is 9.87. The van der Waals surface area contributed by atoms with Crippen LogP contribution in [0.4, 0.5) is 0 Å². The number of benzene rings is 2. The van der Waals surface area contributed by atoms with Crippen LogP contribution in [0.25, 0.3) is 0 Å². The molecular formula is C17H19BrO2. The van der Waals surface area contributed by atoms with Crippen molar-refractivity contribution in [3.8, 4) is 5.75 Å². The normalized spacial score (nSPS) is 13.8. The van der Waals surface area contributed by atoms with Crippen LogP contribution in [0.3, 0.4) is 0 Å². The lowest BCUT2D eigenvalue weighted by molar-refractivity contribution is 0.139. The molecule has 2 rings (SSSR count). The maximum atomic E-state index is 10.8. The third kappa shape index (κ3) is 3.22. The van der Waals surface area contributed by atoms with Crippen molar-refractivity contribution in [2.24, 2.45) is 0 Å². The molecule has 2 unspecified atom stereocenters. The van der Waals surface area contributed by atoms with Gasteiger partial charge in [-0.3, -0.25) is 0 Å². The second-order valence-electron chi connectivity index (χ2n) is 4.76. The van der Waals surface area contributed by atoms with Crippen molar-refractivity contribution in [3.05, 3.63) is 64.1 Å².